The molecule has 1 saturated heterocycles. The Balaban J connectivity index is 2.07. The van der Waals surface area contributed by atoms with Gasteiger partial charge in [-0.25, -0.2) is 8.42 Å². The first-order chi connectivity index (χ1) is 8.04. The highest BCUT2D eigenvalue weighted by Gasteiger charge is 2.11. The Labute approximate surface area is 101 Å². The molecule has 0 aliphatic carbocycles. The second kappa shape index (κ2) is 4.93. The number of rotatable bonds is 3. The molecule has 2 rings (SSSR count). The van der Waals surface area contributed by atoms with Gasteiger partial charge in [0.25, 0.3) is 0 Å². The van der Waals surface area contributed by atoms with Crippen LogP contribution in [0.15, 0.2) is 24.3 Å². The van der Waals surface area contributed by atoms with Gasteiger partial charge in [0.15, 0.2) is 0 Å². The van der Waals surface area contributed by atoms with Gasteiger partial charge >= 0.3 is 0 Å². The van der Waals surface area contributed by atoms with Gasteiger partial charge in [0, 0.05) is 24.5 Å². The van der Waals surface area contributed by atoms with Crippen molar-refractivity contribution < 1.29 is 13.2 Å². The van der Waals surface area contributed by atoms with E-state index in [4.69, 9.17) is 4.74 Å². The SMILES string of the molecule is CS(=O)(=O)Nc1ccc(N2CCOCC2)cc1. The predicted molar refractivity (Wildman–Crippen MR) is 67.9 cm³/mol. The molecule has 1 aromatic carbocycles. The third-order valence-electron chi connectivity index (χ3n) is 2.55. The maximum absolute atomic E-state index is 11.0. The zero-order valence-electron chi connectivity index (χ0n) is 9.72. The molecule has 5 nitrogen and oxygen atoms in total. The highest BCUT2D eigenvalue weighted by Crippen LogP contribution is 2.19. The predicted octanol–water partition coefficient (Wildman–Crippen LogP) is 0.895. The van der Waals surface area contributed by atoms with Gasteiger partial charge < -0.3 is 9.64 Å². The summed E-state index contributed by atoms with van der Waals surface area (Å²) in [7, 11) is -3.20. The molecule has 17 heavy (non-hydrogen) atoms. The van der Waals surface area contributed by atoms with Gasteiger partial charge in [-0.05, 0) is 24.3 Å². The van der Waals surface area contributed by atoms with Crippen LogP contribution in [0.2, 0.25) is 0 Å². The number of hydrogen-bond donors (Lipinski definition) is 1. The van der Waals surface area contributed by atoms with Crippen LogP contribution in [0, 0.1) is 0 Å². The summed E-state index contributed by atoms with van der Waals surface area (Å²) in [5, 5.41) is 0. The van der Waals surface area contributed by atoms with Gasteiger partial charge in [0.1, 0.15) is 0 Å². The summed E-state index contributed by atoms with van der Waals surface area (Å²) in [4.78, 5) is 2.22. The minimum Gasteiger partial charge on any atom is -0.378 e. The fourth-order valence-electron chi connectivity index (χ4n) is 1.78. The molecule has 0 saturated carbocycles. The Morgan fingerprint density at radius 3 is 2.29 bits per heavy atom. The summed E-state index contributed by atoms with van der Waals surface area (Å²) in [6.07, 6.45) is 1.14. The fourth-order valence-corrected chi connectivity index (χ4v) is 2.34. The standard InChI is InChI=1S/C11H16N2O3S/c1-17(14,15)12-10-2-4-11(5-3-10)13-6-8-16-9-7-13/h2-5,12H,6-9H2,1H3. The van der Waals surface area contributed by atoms with Crippen LogP contribution >= 0.6 is 0 Å². The molecule has 94 valence electrons. The van der Waals surface area contributed by atoms with Crippen LogP contribution in [-0.2, 0) is 14.8 Å². The average Bonchev–Trinajstić information content (AvgIpc) is 2.29. The van der Waals surface area contributed by atoms with Crippen LogP contribution in [0.3, 0.4) is 0 Å². The lowest BCUT2D eigenvalue weighted by Crippen LogP contribution is -2.36. The Hall–Kier alpha value is -1.27. The number of anilines is 2. The summed E-state index contributed by atoms with van der Waals surface area (Å²) in [6.45, 7) is 3.23. The van der Waals surface area contributed by atoms with Gasteiger partial charge in [-0.1, -0.05) is 0 Å². The van der Waals surface area contributed by atoms with Gasteiger partial charge in [-0.2, -0.15) is 0 Å². The smallest absolute Gasteiger partial charge is 0.229 e. The van der Waals surface area contributed by atoms with Crippen LogP contribution in [0.4, 0.5) is 11.4 Å². The molecule has 0 radical (unpaired) electrons. The average molecular weight is 256 g/mol. The summed E-state index contributed by atoms with van der Waals surface area (Å²) >= 11 is 0. The highest BCUT2D eigenvalue weighted by molar-refractivity contribution is 7.92. The zero-order valence-corrected chi connectivity index (χ0v) is 10.5. The molecule has 0 unspecified atom stereocenters. The van der Waals surface area contributed by atoms with Crippen molar-refractivity contribution in [3.05, 3.63) is 24.3 Å². The molecule has 1 aliphatic heterocycles. The van der Waals surface area contributed by atoms with Crippen molar-refractivity contribution in [3.8, 4) is 0 Å². The van der Waals surface area contributed by atoms with Gasteiger partial charge in [0.2, 0.25) is 10.0 Å². The number of benzene rings is 1. The molecule has 0 spiro atoms. The highest BCUT2D eigenvalue weighted by atomic mass is 32.2. The van der Waals surface area contributed by atoms with Gasteiger partial charge in [-0.3, -0.25) is 4.72 Å². The summed E-state index contributed by atoms with van der Waals surface area (Å²) < 4.78 is 29.8. The lowest BCUT2D eigenvalue weighted by atomic mass is 10.2. The van der Waals surface area contributed by atoms with E-state index < -0.39 is 10.0 Å². The van der Waals surface area contributed by atoms with Crippen molar-refractivity contribution in [2.75, 3.05) is 42.2 Å². The molecule has 0 amide bonds. The lowest BCUT2D eigenvalue weighted by molar-refractivity contribution is 0.122. The van der Waals surface area contributed by atoms with Crippen LogP contribution in [0.1, 0.15) is 0 Å². The first-order valence-corrected chi connectivity index (χ1v) is 7.34. The molecule has 1 aliphatic rings. The van der Waals surface area contributed by atoms with E-state index in [0.717, 1.165) is 38.2 Å². The van der Waals surface area contributed by atoms with Gasteiger partial charge in [-0.15, -0.1) is 0 Å². The number of nitrogens with one attached hydrogen (secondary N) is 1. The van der Waals surface area contributed by atoms with E-state index in [1.54, 1.807) is 12.1 Å². The van der Waals surface area contributed by atoms with Crippen molar-refractivity contribution in [1.82, 2.24) is 0 Å². The zero-order chi connectivity index (χ0) is 12.3. The molecule has 0 aromatic heterocycles. The van der Waals surface area contributed by atoms with Crippen LogP contribution < -0.4 is 9.62 Å². The third kappa shape index (κ3) is 3.61. The van der Waals surface area contributed by atoms with Crippen molar-refractivity contribution in [1.29, 1.82) is 0 Å². The molecule has 1 fully saturated rings. The topological polar surface area (TPSA) is 58.6 Å². The van der Waals surface area contributed by atoms with Crippen LogP contribution in [0.25, 0.3) is 0 Å². The molecular weight excluding hydrogens is 240 g/mol. The van der Waals surface area contributed by atoms with Crippen molar-refractivity contribution in [3.63, 3.8) is 0 Å². The first-order valence-electron chi connectivity index (χ1n) is 5.45. The molecule has 1 aromatic rings. The first kappa shape index (κ1) is 12.2. The van der Waals surface area contributed by atoms with Crippen molar-refractivity contribution in [2.45, 2.75) is 0 Å². The van der Waals surface area contributed by atoms with Crippen molar-refractivity contribution in [2.24, 2.45) is 0 Å². The summed E-state index contributed by atoms with van der Waals surface area (Å²) in [6, 6.07) is 7.37. The van der Waals surface area contributed by atoms with E-state index in [9.17, 15) is 8.42 Å². The van der Waals surface area contributed by atoms with E-state index in [-0.39, 0.29) is 0 Å². The molecule has 0 bridgehead atoms. The number of morpholine rings is 1. The van der Waals surface area contributed by atoms with E-state index in [2.05, 4.69) is 9.62 Å². The Bertz CT molecular complexity index is 464. The summed E-state index contributed by atoms with van der Waals surface area (Å²) in [5.41, 5.74) is 1.68. The summed E-state index contributed by atoms with van der Waals surface area (Å²) in [5.74, 6) is 0. The molecule has 1 heterocycles. The van der Waals surface area contributed by atoms with Crippen LogP contribution in [-0.4, -0.2) is 41.0 Å². The lowest BCUT2D eigenvalue weighted by Gasteiger charge is -2.28. The largest absolute Gasteiger partial charge is 0.378 e. The van der Waals surface area contributed by atoms with Crippen molar-refractivity contribution >= 4 is 21.4 Å². The monoisotopic (exact) mass is 256 g/mol. The Kier molecular flexibility index (Phi) is 3.54. The van der Waals surface area contributed by atoms with Gasteiger partial charge in [0.05, 0.1) is 19.5 Å². The normalized spacial score (nSPS) is 16.9. The third-order valence-corrected chi connectivity index (χ3v) is 3.15. The van der Waals surface area contributed by atoms with Crippen LogP contribution in [0.5, 0.6) is 0 Å². The fraction of sp³-hybridized carbons (Fsp3) is 0.455. The molecule has 6 heteroatoms. The number of hydrogen-bond acceptors (Lipinski definition) is 4. The number of sulfonamides is 1. The second-order valence-corrected chi connectivity index (χ2v) is 5.77. The van der Waals surface area contributed by atoms with E-state index in [0.29, 0.717) is 5.69 Å². The Morgan fingerprint density at radius 2 is 1.76 bits per heavy atom. The maximum atomic E-state index is 11.0. The number of nitrogens with zero attached hydrogens (tertiary/aromatic N) is 1. The van der Waals surface area contributed by atoms with E-state index >= 15 is 0 Å². The van der Waals surface area contributed by atoms with E-state index in [1.807, 2.05) is 12.1 Å². The second-order valence-electron chi connectivity index (χ2n) is 4.02. The minimum atomic E-state index is -3.20. The quantitative estimate of drug-likeness (QED) is 0.872. The molecule has 1 N–H and O–H groups in total. The Morgan fingerprint density at radius 1 is 1.18 bits per heavy atom. The minimum absolute atomic E-state index is 0.588. The van der Waals surface area contributed by atoms with E-state index in [1.165, 1.54) is 0 Å². The number of ether oxygens (including phenoxy) is 1. The molecule has 0 atom stereocenters. The maximum Gasteiger partial charge on any atom is 0.229 e. The molecular formula is C11H16N2O3S.